The average molecular weight is 625 g/mol. The summed E-state index contributed by atoms with van der Waals surface area (Å²) < 4.78 is 17.2. The molecule has 0 unspecified atom stereocenters. The number of guanidine groups is 1. The number of aryl methyl sites for hydroxylation is 1. The molecule has 3 rings (SSSR count). The lowest BCUT2D eigenvalue weighted by molar-refractivity contribution is -0.114. The fourth-order valence-corrected chi connectivity index (χ4v) is 5.98. The Labute approximate surface area is 268 Å². The maximum Gasteiger partial charge on any atom is 0.192 e. The first-order chi connectivity index (χ1) is 21.5. The van der Waals surface area contributed by atoms with Gasteiger partial charge in [-0.2, -0.15) is 0 Å². The molecule has 1 aliphatic carbocycles. The van der Waals surface area contributed by atoms with Crippen LogP contribution in [0.2, 0.25) is 0 Å². The van der Waals surface area contributed by atoms with Gasteiger partial charge < -0.3 is 40.8 Å². The van der Waals surface area contributed by atoms with E-state index < -0.39 is 5.60 Å². The van der Waals surface area contributed by atoms with Crippen molar-refractivity contribution in [2.75, 3.05) is 46.8 Å². The Hall–Kier alpha value is -3.76. The third-order valence-corrected chi connectivity index (χ3v) is 8.62. The highest BCUT2D eigenvalue weighted by atomic mass is 16.5. The minimum absolute atomic E-state index is 0.0150. The second-order valence-electron chi connectivity index (χ2n) is 12.4. The number of nitrogens with one attached hydrogen (secondary N) is 2. The topological polar surface area (TPSA) is 148 Å². The molecule has 6 N–H and O–H groups in total. The summed E-state index contributed by atoms with van der Waals surface area (Å²) >= 11 is 0. The maximum atomic E-state index is 12.8. The molecule has 248 valence electrons. The van der Waals surface area contributed by atoms with Gasteiger partial charge in [-0.1, -0.05) is 26.0 Å². The summed E-state index contributed by atoms with van der Waals surface area (Å²) in [6, 6.07) is 8.90. The van der Waals surface area contributed by atoms with Crippen LogP contribution in [0.4, 0.5) is 5.69 Å². The standard InChI is InChI=1S/C35H52N4O6/c1-23(2)27(9-11-28(40)10-7-24-8-12-30(41)31(19-24)44-6)17-26-18-29(39-34(36)38-4)33(42)32(20-26)45-35(22-37-3)15-13-25(21-35)14-16-43-5/h8-9,11-12,18-20,23,25,27,37,41-42H,7,10,13-17,21-22H2,1-6H3,(H3,36,38,39)/b11-9+/t25-,27+,35-/m1/s1. The molecule has 0 radical (unpaired) electrons. The van der Waals surface area contributed by atoms with Crippen LogP contribution in [0.25, 0.3) is 0 Å². The van der Waals surface area contributed by atoms with Gasteiger partial charge in [0.2, 0.25) is 0 Å². The molecule has 0 spiro atoms. The van der Waals surface area contributed by atoms with Gasteiger partial charge in [-0.3, -0.25) is 9.79 Å². The van der Waals surface area contributed by atoms with Gasteiger partial charge in [0.25, 0.3) is 0 Å². The number of carbonyl (C=O) groups is 1. The molecule has 0 heterocycles. The SMILES string of the molecule is CN=C(N)Nc1cc(C[C@H](/C=C/C(=O)CCc2ccc(O)c(OC)c2)C(C)C)cc(O[C@]2(CNC)CC[C@H](CCOC)C2)c1O. The van der Waals surface area contributed by atoms with Crippen molar-refractivity contribution in [2.24, 2.45) is 28.5 Å². The number of phenolic OH excluding ortho intramolecular Hbond substituents is 2. The lowest BCUT2D eigenvalue weighted by Gasteiger charge is -2.32. The number of ketones is 1. The number of allylic oxidation sites excluding steroid dienone is 2. The second-order valence-corrected chi connectivity index (χ2v) is 12.4. The molecule has 2 aromatic rings. The van der Waals surface area contributed by atoms with E-state index >= 15 is 0 Å². The summed E-state index contributed by atoms with van der Waals surface area (Å²) in [7, 11) is 6.72. The van der Waals surface area contributed by atoms with Gasteiger partial charge in [0, 0.05) is 33.7 Å². The Kier molecular flexibility index (Phi) is 13.6. The third-order valence-electron chi connectivity index (χ3n) is 8.62. The predicted molar refractivity (Wildman–Crippen MR) is 180 cm³/mol. The summed E-state index contributed by atoms with van der Waals surface area (Å²) in [5.41, 5.74) is 7.82. The van der Waals surface area contributed by atoms with Crippen LogP contribution >= 0.6 is 0 Å². The number of nitrogens with zero attached hydrogens (tertiary/aromatic N) is 1. The number of rotatable bonds is 17. The molecule has 1 saturated carbocycles. The van der Waals surface area contributed by atoms with E-state index in [-0.39, 0.29) is 35.1 Å². The van der Waals surface area contributed by atoms with E-state index in [2.05, 4.69) is 29.5 Å². The normalized spacial score (nSPS) is 19.3. The van der Waals surface area contributed by atoms with Crippen LogP contribution in [0, 0.1) is 17.8 Å². The molecule has 2 aromatic carbocycles. The molecule has 10 heteroatoms. The number of methoxy groups -OCH3 is 2. The van der Waals surface area contributed by atoms with E-state index in [0.29, 0.717) is 55.5 Å². The van der Waals surface area contributed by atoms with Crippen LogP contribution in [0.15, 0.2) is 47.5 Å². The fourth-order valence-electron chi connectivity index (χ4n) is 5.98. The van der Waals surface area contributed by atoms with Crippen molar-refractivity contribution < 1.29 is 29.2 Å². The molecule has 3 atom stereocenters. The molecular formula is C35H52N4O6. The van der Waals surface area contributed by atoms with Gasteiger partial charge in [-0.05, 0) is 105 Å². The summed E-state index contributed by atoms with van der Waals surface area (Å²) in [6.07, 6.45) is 8.88. The van der Waals surface area contributed by atoms with E-state index in [4.69, 9.17) is 19.9 Å². The van der Waals surface area contributed by atoms with E-state index in [1.807, 2.05) is 25.3 Å². The first-order valence-electron chi connectivity index (χ1n) is 15.8. The number of hydrogen-bond acceptors (Lipinski definition) is 8. The number of anilines is 1. The van der Waals surface area contributed by atoms with E-state index in [9.17, 15) is 15.0 Å². The summed E-state index contributed by atoms with van der Waals surface area (Å²) in [4.78, 5) is 16.8. The lowest BCUT2D eigenvalue weighted by Crippen LogP contribution is -2.42. The lowest BCUT2D eigenvalue weighted by atomic mass is 9.88. The smallest absolute Gasteiger partial charge is 0.192 e. The quantitative estimate of drug-likeness (QED) is 0.0692. The van der Waals surface area contributed by atoms with Crippen molar-refractivity contribution in [3.8, 4) is 23.0 Å². The Morgan fingerprint density at radius 1 is 1.18 bits per heavy atom. The van der Waals surface area contributed by atoms with Crippen LogP contribution in [0.1, 0.15) is 57.1 Å². The van der Waals surface area contributed by atoms with Crippen LogP contribution in [-0.4, -0.2) is 69.0 Å². The minimum Gasteiger partial charge on any atom is -0.504 e. The number of phenols is 2. The molecule has 10 nitrogen and oxygen atoms in total. The number of aliphatic imine (C=N–C) groups is 1. The summed E-state index contributed by atoms with van der Waals surface area (Å²) in [5.74, 6) is 1.83. The fraction of sp³-hybridized carbons (Fsp3) is 0.543. The van der Waals surface area contributed by atoms with Gasteiger partial charge in [0.1, 0.15) is 5.60 Å². The molecule has 0 amide bonds. The highest BCUT2D eigenvalue weighted by Gasteiger charge is 2.41. The summed E-state index contributed by atoms with van der Waals surface area (Å²) in [5, 5.41) is 27.4. The van der Waals surface area contributed by atoms with Gasteiger partial charge in [-0.15, -0.1) is 0 Å². The molecule has 0 bridgehead atoms. The Bertz CT molecular complexity index is 1330. The van der Waals surface area contributed by atoms with Crippen molar-refractivity contribution in [3.63, 3.8) is 0 Å². The third kappa shape index (κ3) is 10.4. The maximum absolute atomic E-state index is 12.8. The highest BCUT2D eigenvalue weighted by molar-refractivity contribution is 5.94. The van der Waals surface area contributed by atoms with E-state index in [1.165, 1.54) is 7.11 Å². The monoisotopic (exact) mass is 624 g/mol. The zero-order valence-electron chi connectivity index (χ0n) is 27.7. The molecule has 0 saturated heterocycles. The molecule has 0 aliphatic heterocycles. The minimum atomic E-state index is -0.462. The number of benzene rings is 2. The predicted octanol–water partition coefficient (Wildman–Crippen LogP) is 5.21. The highest BCUT2D eigenvalue weighted by Crippen LogP contribution is 2.44. The van der Waals surface area contributed by atoms with Crippen LogP contribution in [0.3, 0.4) is 0 Å². The molecule has 1 fully saturated rings. The van der Waals surface area contributed by atoms with Gasteiger partial charge in [-0.25, -0.2) is 0 Å². The molecule has 0 aromatic heterocycles. The Balaban J connectivity index is 1.82. The molecular weight excluding hydrogens is 572 g/mol. The van der Waals surface area contributed by atoms with Crippen molar-refractivity contribution in [3.05, 3.63) is 53.6 Å². The van der Waals surface area contributed by atoms with Gasteiger partial charge in [0.05, 0.1) is 12.8 Å². The number of ether oxygens (including phenoxy) is 3. The Morgan fingerprint density at radius 3 is 2.60 bits per heavy atom. The van der Waals surface area contributed by atoms with Crippen molar-refractivity contribution >= 4 is 17.4 Å². The number of hydrogen-bond donors (Lipinski definition) is 5. The van der Waals surface area contributed by atoms with Crippen molar-refractivity contribution in [1.82, 2.24) is 5.32 Å². The van der Waals surface area contributed by atoms with Crippen LogP contribution < -0.4 is 25.8 Å². The molecule has 1 aliphatic rings. The Morgan fingerprint density at radius 2 is 1.93 bits per heavy atom. The number of aromatic hydroxyl groups is 2. The largest absolute Gasteiger partial charge is 0.504 e. The molecule has 45 heavy (non-hydrogen) atoms. The first kappa shape index (κ1) is 35.7. The zero-order valence-corrected chi connectivity index (χ0v) is 27.7. The van der Waals surface area contributed by atoms with E-state index in [1.54, 1.807) is 38.4 Å². The van der Waals surface area contributed by atoms with Gasteiger partial charge in [0.15, 0.2) is 34.7 Å². The summed E-state index contributed by atoms with van der Waals surface area (Å²) in [6.45, 7) is 5.61. The van der Waals surface area contributed by atoms with Crippen LogP contribution in [-0.2, 0) is 22.4 Å². The zero-order chi connectivity index (χ0) is 33.0. The first-order valence-corrected chi connectivity index (χ1v) is 15.8. The second kappa shape index (κ2) is 17.1. The van der Waals surface area contributed by atoms with Gasteiger partial charge >= 0.3 is 0 Å². The van der Waals surface area contributed by atoms with E-state index in [0.717, 1.165) is 36.8 Å². The number of carbonyl (C=O) groups excluding carboxylic acids is 1. The average Bonchev–Trinajstić information content (AvgIpc) is 3.41. The number of nitrogens with two attached hydrogens (primary N) is 1. The number of likely N-dealkylation sites (N-methyl/N-ethyl adjacent to an activating group) is 1. The van der Waals surface area contributed by atoms with Crippen LogP contribution in [0.5, 0.6) is 23.0 Å². The van der Waals surface area contributed by atoms with Crippen molar-refractivity contribution in [1.29, 1.82) is 0 Å². The van der Waals surface area contributed by atoms with Crippen molar-refractivity contribution in [2.45, 2.75) is 64.4 Å².